The number of anilines is 1. The number of hydrogen-bond donors (Lipinski definition) is 1. The van der Waals surface area contributed by atoms with E-state index in [0.29, 0.717) is 18.0 Å². The van der Waals surface area contributed by atoms with Gasteiger partial charge in [-0.1, -0.05) is 18.2 Å². The summed E-state index contributed by atoms with van der Waals surface area (Å²) in [6.45, 7) is 4.31. The molecule has 0 spiro atoms. The van der Waals surface area contributed by atoms with Crippen LogP contribution < -0.4 is 10.1 Å². The predicted molar refractivity (Wildman–Crippen MR) is 85.8 cm³/mol. The zero-order valence-corrected chi connectivity index (χ0v) is 13.0. The van der Waals surface area contributed by atoms with Crippen molar-refractivity contribution < 1.29 is 19.1 Å². The molecule has 1 amide bonds. The van der Waals surface area contributed by atoms with Gasteiger partial charge < -0.3 is 14.8 Å². The van der Waals surface area contributed by atoms with E-state index < -0.39 is 11.9 Å². The summed E-state index contributed by atoms with van der Waals surface area (Å²) in [7, 11) is 0. The van der Waals surface area contributed by atoms with Gasteiger partial charge in [0, 0.05) is 0 Å². The van der Waals surface area contributed by atoms with Crippen molar-refractivity contribution in [1.82, 2.24) is 4.98 Å². The maximum atomic E-state index is 12.3. The molecule has 6 heteroatoms. The molecule has 0 atom stereocenters. The van der Waals surface area contributed by atoms with Gasteiger partial charge in [-0.15, -0.1) is 0 Å². The molecule has 1 heterocycles. The lowest BCUT2D eigenvalue weighted by Gasteiger charge is -2.11. The number of nitrogens with one attached hydrogen (secondary N) is 1. The Morgan fingerprint density at radius 2 is 1.74 bits per heavy atom. The molecule has 0 unspecified atom stereocenters. The Morgan fingerprint density at radius 1 is 1.00 bits per heavy atom. The molecule has 0 aliphatic carbocycles. The first-order valence-corrected chi connectivity index (χ1v) is 7.33. The van der Waals surface area contributed by atoms with E-state index in [2.05, 4.69) is 10.3 Å². The Labute approximate surface area is 134 Å². The summed E-state index contributed by atoms with van der Waals surface area (Å²) in [5.41, 5.74) is 0.766. The van der Waals surface area contributed by atoms with Gasteiger partial charge in [0.1, 0.15) is 17.1 Å². The van der Waals surface area contributed by atoms with Gasteiger partial charge >= 0.3 is 5.97 Å². The summed E-state index contributed by atoms with van der Waals surface area (Å²) in [6, 6.07) is 11.7. The highest BCUT2D eigenvalue weighted by atomic mass is 16.5. The van der Waals surface area contributed by atoms with E-state index in [-0.39, 0.29) is 18.0 Å². The fraction of sp³-hybridized carbons (Fsp3) is 0.235. The quantitative estimate of drug-likeness (QED) is 0.830. The number of ether oxygens (including phenoxy) is 2. The van der Waals surface area contributed by atoms with E-state index in [9.17, 15) is 9.59 Å². The molecule has 1 N–H and O–H groups in total. The van der Waals surface area contributed by atoms with Gasteiger partial charge in [0.05, 0.1) is 18.9 Å². The second-order valence-electron chi connectivity index (χ2n) is 4.51. The molecule has 0 bridgehead atoms. The van der Waals surface area contributed by atoms with Crippen LogP contribution in [0.2, 0.25) is 0 Å². The second kappa shape index (κ2) is 7.93. The van der Waals surface area contributed by atoms with Crippen molar-refractivity contribution in [2.75, 3.05) is 18.5 Å². The van der Waals surface area contributed by atoms with Gasteiger partial charge in [-0.25, -0.2) is 9.78 Å². The first-order valence-electron chi connectivity index (χ1n) is 7.33. The van der Waals surface area contributed by atoms with Crippen molar-refractivity contribution in [3.05, 3.63) is 53.9 Å². The van der Waals surface area contributed by atoms with Crippen LogP contribution in [0.1, 0.15) is 34.8 Å². The molecule has 6 nitrogen and oxygen atoms in total. The molecule has 0 saturated heterocycles. The van der Waals surface area contributed by atoms with Crippen LogP contribution in [0.15, 0.2) is 42.5 Å². The SMILES string of the molecule is CCOC(=O)c1cccc(C(=O)Nc2ccccc2OCC)n1. The monoisotopic (exact) mass is 314 g/mol. The van der Waals surface area contributed by atoms with Gasteiger partial charge in [-0.05, 0) is 38.1 Å². The minimum atomic E-state index is -0.558. The van der Waals surface area contributed by atoms with Gasteiger partial charge in [-0.2, -0.15) is 0 Å². The lowest BCUT2D eigenvalue weighted by Crippen LogP contribution is -2.17. The molecule has 23 heavy (non-hydrogen) atoms. The van der Waals surface area contributed by atoms with Crippen LogP contribution in [0.4, 0.5) is 5.69 Å². The minimum Gasteiger partial charge on any atom is -0.492 e. The number of benzene rings is 1. The fourth-order valence-electron chi connectivity index (χ4n) is 1.92. The number of esters is 1. The lowest BCUT2D eigenvalue weighted by molar-refractivity contribution is 0.0519. The van der Waals surface area contributed by atoms with Crippen molar-refractivity contribution in [1.29, 1.82) is 0 Å². The van der Waals surface area contributed by atoms with E-state index in [1.165, 1.54) is 12.1 Å². The highest BCUT2D eigenvalue weighted by molar-refractivity contribution is 6.04. The molecule has 1 aromatic carbocycles. The van der Waals surface area contributed by atoms with Crippen LogP contribution in [0, 0.1) is 0 Å². The maximum Gasteiger partial charge on any atom is 0.356 e. The zero-order chi connectivity index (χ0) is 16.7. The van der Waals surface area contributed by atoms with Crippen molar-refractivity contribution >= 4 is 17.6 Å². The Kier molecular flexibility index (Phi) is 5.68. The highest BCUT2D eigenvalue weighted by Gasteiger charge is 2.14. The lowest BCUT2D eigenvalue weighted by atomic mass is 10.2. The van der Waals surface area contributed by atoms with Gasteiger partial charge in [0.2, 0.25) is 0 Å². The molecule has 0 aliphatic heterocycles. The average Bonchev–Trinajstić information content (AvgIpc) is 2.57. The first-order chi connectivity index (χ1) is 11.2. The minimum absolute atomic E-state index is 0.0950. The summed E-state index contributed by atoms with van der Waals surface area (Å²) in [4.78, 5) is 28.0. The summed E-state index contributed by atoms with van der Waals surface area (Å²) in [6.07, 6.45) is 0. The summed E-state index contributed by atoms with van der Waals surface area (Å²) in [5, 5.41) is 2.73. The third kappa shape index (κ3) is 4.29. The number of carbonyl (C=O) groups is 2. The van der Waals surface area contributed by atoms with Crippen LogP contribution in [0.3, 0.4) is 0 Å². The predicted octanol–water partition coefficient (Wildman–Crippen LogP) is 2.91. The topological polar surface area (TPSA) is 77.5 Å². The number of para-hydroxylation sites is 2. The zero-order valence-electron chi connectivity index (χ0n) is 13.0. The number of rotatable bonds is 6. The standard InChI is InChI=1S/C17H18N2O4/c1-3-22-15-11-6-5-8-12(15)19-16(20)13-9-7-10-14(18-13)17(21)23-4-2/h5-11H,3-4H2,1-2H3,(H,19,20). The highest BCUT2D eigenvalue weighted by Crippen LogP contribution is 2.24. The molecule has 2 rings (SSSR count). The number of carbonyl (C=O) groups excluding carboxylic acids is 2. The Bertz CT molecular complexity index is 700. The number of amides is 1. The summed E-state index contributed by atoms with van der Waals surface area (Å²) >= 11 is 0. The molecule has 2 aromatic rings. The Balaban J connectivity index is 2.18. The molecular formula is C17H18N2O4. The second-order valence-corrected chi connectivity index (χ2v) is 4.51. The van der Waals surface area contributed by atoms with Gasteiger partial charge in [0.15, 0.2) is 0 Å². The van der Waals surface area contributed by atoms with Gasteiger partial charge in [-0.3, -0.25) is 4.79 Å². The largest absolute Gasteiger partial charge is 0.492 e. The van der Waals surface area contributed by atoms with E-state index in [1.54, 1.807) is 31.2 Å². The van der Waals surface area contributed by atoms with Crippen LogP contribution in [0.5, 0.6) is 5.75 Å². The normalized spacial score (nSPS) is 10.0. The summed E-state index contributed by atoms with van der Waals surface area (Å²) in [5.74, 6) is -0.412. The van der Waals surface area contributed by atoms with Crippen LogP contribution in [-0.4, -0.2) is 30.1 Å². The smallest absolute Gasteiger partial charge is 0.356 e. The maximum absolute atomic E-state index is 12.3. The Hall–Kier alpha value is -2.89. The Morgan fingerprint density at radius 3 is 2.48 bits per heavy atom. The van der Waals surface area contributed by atoms with Crippen LogP contribution >= 0.6 is 0 Å². The van der Waals surface area contributed by atoms with Crippen molar-refractivity contribution in [2.45, 2.75) is 13.8 Å². The molecule has 0 saturated carbocycles. The third-order valence-corrected chi connectivity index (χ3v) is 2.90. The van der Waals surface area contributed by atoms with E-state index in [4.69, 9.17) is 9.47 Å². The molecular weight excluding hydrogens is 296 g/mol. The number of pyridine rings is 1. The first kappa shape index (κ1) is 16.5. The molecule has 0 radical (unpaired) electrons. The number of aromatic nitrogens is 1. The van der Waals surface area contributed by atoms with Crippen LogP contribution in [0.25, 0.3) is 0 Å². The van der Waals surface area contributed by atoms with Gasteiger partial charge in [0.25, 0.3) is 5.91 Å². The van der Waals surface area contributed by atoms with Crippen molar-refractivity contribution in [2.24, 2.45) is 0 Å². The van der Waals surface area contributed by atoms with Crippen molar-refractivity contribution in [3.63, 3.8) is 0 Å². The average molecular weight is 314 g/mol. The molecule has 0 fully saturated rings. The molecule has 120 valence electrons. The van der Waals surface area contributed by atoms with E-state index in [1.807, 2.05) is 13.0 Å². The van der Waals surface area contributed by atoms with E-state index in [0.717, 1.165) is 0 Å². The van der Waals surface area contributed by atoms with Crippen molar-refractivity contribution in [3.8, 4) is 5.75 Å². The molecule has 0 aliphatic rings. The van der Waals surface area contributed by atoms with Crippen LogP contribution in [-0.2, 0) is 4.74 Å². The fourth-order valence-corrected chi connectivity index (χ4v) is 1.92. The molecule has 1 aromatic heterocycles. The number of hydrogen-bond acceptors (Lipinski definition) is 5. The number of nitrogens with zero attached hydrogens (tertiary/aromatic N) is 1. The van der Waals surface area contributed by atoms with E-state index >= 15 is 0 Å². The third-order valence-electron chi connectivity index (χ3n) is 2.90. The summed E-state index contributed by atoms with van der Waals surface area (Å²) < 4.78 is 10.3.